The monoisotopic (exact) mass is 157 g/mol. The van der Waals surface area contributed by atoms with E-state index in [1.165, 1.54) is 6.92 Å². The number of hydrogen-bond acceptors (Lipinski definition) is 2. The average molecular weight is 158 g/mol. The minimum atomic E-state index is -0.560. The molecule has 0 aliphatic carbocycles. The molecule has 0 spiro atoms. The molecule has 0 saturated carbocycles. The van der Waals surface area contributed by atoms with Gasteiger partial charge >= 0.3 is 0 Å². The molecule has 0 fully saturated rings. The summed E-state index contributed by atoms with van der Waals surface area (Å²) in [5.41, 5.74) is 0. The Bertz CT molecular complexity index is 36.1. The third-order valence-electron chi connectivity index (χ3n) is 0.264. The molecule has 0 aromatic rings. The maximum absolute atomic E-state index is 8.11. The van der Waals surface area contributed by atoms with Crippen LogP contribution >= 0.6 is 0 Å². The number of aliphatic hydroxyl groups excluding tert-OH is 2. The Morgan fingerprint density at radius 3 is 1.56 bits per heavy atom. The molecule has 1 unspecified atom stereocenters. The van der Waals surface area contributed by atoms with Gasteiger partial charge in [0.25, 0.3) is 0 Å². The van der Waals surface area contributed by atoms with Crippen LogP contribution in [0.4, 0.5) is 0 Å². The number of halogens is 1. The van der Waals surface area contributed by atoms with Crippen molar-refractivity contribution in [3.8, 4) is 0 Å². The molecule has 60 valence electrons. The molecule has 0 bridgehead atoms. The van der Waals surface area contributed by atoms with Gasteiger partial charge in [0, 0.05) is 0 Å². The molecule has 1 atom stereocenters. The fourth-order valence-electron chi connectivity index (χ4n) is 0. The highest BCUT2D eigenvalue weighted by Gasteiger charge is 1.83. The second kappa shape index (κ2) is 15.7. The topological polar surface area (TPSA) is 57.1 Å². The van der Waals surface area contributed by atoms with Crippen molar-refractivity contribution in [1.82, 2.24) is 0 Å². The zero-order valence-electron chi connectivity index (χ0n) is 6.13. The Kier molecular flexibility index (Phi) is 28.1. The third kappa shape index (κ3) is 66.1. The van der Waals surface area contributed by atoms with Crippen molar-refractivity contribution in [2.24, 2.45) is 0 Å². The van der Waals surface area contributed by atoms with Crippen molar-refractivity contribution < 1.29 is 27.9 Å². The van der Waals surface area contributed by atoms with Gasteiger partial charge in [0.1, 0.15) is 0 Å². The molecule has 0 heterocycles. The summed E-state index contributed by atoms with van der Waals surface area (Å²) in [6, 6.07) is 0. The summed E-state index contributed by atoms with van der Waals surface area (Å²) in [6.07, 6.45) is -0.560. The molecular formula is C5H16ClNO2. The van der Waals surface area contributed by atoms with Gasteiger partial charge in [0.2, 0.25) is 0 Å². The van der Waals surface area contributed by atoms with Gasteiger partial charge in [0.05, 0.1) is 26.8 Å². The smallest absolute Gasteiger partial charge is 0.0742 e. The number of quaternary nitrogens is 1. The van der Waals surface area contributed by atoms with Crippen LogP contribution in [-0.4, -0.2) is 37.0 Å². The van der Waals surface area contributed by atoms with Crippen LogP contribution in [0.15, 0.2) is 0 Å². The lowest BCUT2D eigenvalue weighted by molar-refractivity contribution is -0.597. The Hall–Kier alpha value is 0.170. The van der Waals surface area contributed by atoms with E-state index in [2.05, 4.69) is 0 Å². The van der Waals surface area contributed by atoms with E-state index in [9.17, 15) is 0 Å². The first-order chi connectivity index (χ1) is 3.68. The maximum atomic E-state index is 8.11. The van der Waals surface area contributed by atoms with Gasteiger partial charge in [-0.05, 0) is 6.92 Å². The highest BCUT2D eigenvalue weighted by molar-refractivity contribution is 4.33. The molecule has 4 heteroatoms. The third-order valence-corrected chi connectivity index (χ3v) is 0.264. The number of aliphatic hydroxyl groups is 2. The second-order valence-electron chi connectivity index (χ2n) is 1.61. The van der Waals surface area contributed by atoms with Crippen molar-refractivity contribution in [1.29, 1.82) is 0 Å². The van der Waals surface area contributed by atoms with E-state index in [1.807, 2.05) is 19.4 Å². The molecule has 3 nitrogen and oxygen atoms in total. The van der Waals surface area contributed by atoms with Crippen LogP contribution < -0.4 is 17.7 Å². The highest BCUT2D eigenvalue weighted by atomic mass is 35.5. The van der Waals surface area contributed by atoms with Crippen molar-refractivity contribution in [2.45, 2.75) is 13.0 Å². The van der Waals surface area contributed by atoms with Crippen LogP contribution in [0.25, 0.3) is 0 Å². The summed E-state index contributed by atoms with van der Waals surface area (Å²) < 4.78 is 0. The Labute approximate surface area is 62.5 Å². The molecule has 0 saturated heterocycles. The molecular weight excluding hydrogens is 142 g/mol. The minimum Gasteiger partial charge on any atom is -1.00 e. The van der Waals surface area contributed by atoms with E-state index < -0.39 is 6.10 Å². The predicted molar refractivity (Wildman–Crippen MR) is 32.5 cm³/mol. The van der Waals surface area contributed by atoms with Crippen LogP contribution in [-0.2, 0) is 0 Å². The maximum Gasteiger partial charge on any atom is 0.0742 e. The largest absolute Gasteiger partial charge is 1.00 e. The fraction of sp³-hybridized carbons (Fsp3) is 1.00. The van der Waals surface area contributed by atoms with Gasteiger partial charge < -0.3 is 27.9 Å². The standard InChI is InChI=1S/C3H8O2.C2H7N.ClH/c1-3(5)2-4;1-3-2;/h3-5H,2H2,1H3;3H,1-2H3;1H. The first-order valence-corrected chi connectivity index (χ1v) is 2.71. The lowest BCUT2D eigenvalue weighted by Crippen LogP contribution is -3.00. The Balaban J connectivity index is -0.0000000800. The summed E-state index contributed by atoms with van der Waals surface area (Å²) in [5.74, 6) is 0. The van der Waals surface area contributed by atoms with Crippen molar-refractivity contribution in [2.75, 3.05) is 20.7 Å². The summed E-state index contributed by atoms with van der Waals surface area (Å²) >= 11 is 0. The quantitative estimate of drug-likeness (QED) is 0.358. The number of rotatable bonds is 1. The van der Waals surface area contributed by atoms with E-state index in [-0.39, 0.29) is 19.0 Å². The first kappa shape index (κ1) is 16.1. The van der Waals surface area contributed by atoms with Crippen molar-refractivity contribution in [3.05, 3.63) is 0 Å². The van der Waals surface area contributed by atoms with Crippen LogP contribution in [0.3, 0.4) is 0 Å². The summed E-state index contributed by atoms with van der Waals surface area (Å²) in [6.45, 7) is 1.39. The Morgan fingerprint density at radius 2 is 1.56 bits per heavy atom. The van der Waals surface area contributed by atoms with Gasteiger partial charge in [-0.15, -0.1) is 0 Å². The predicted octanol–water partition coefficient (Wildman–Crippen LogP) is -4.83. The molecule has 9 heavy (non-hydrogen) atoms. The van der Waals surface area contributed by atoms with Crippen LogP contribution in [0, 0.1) is 0 Å². The van der Waals surface area contributed by atoms with Gasteiger partial charge in [-0.1, -0.05) is 0 Å². The zero-order chi connectivity index (χ0) is 6.99. The average Bonchev–Trinajstić information content (AvgIpc) is 1.69. The highest BCUT2D eigenvalue weighted by Crippen LogP contribution is 1.68. The van der Waals surface area contributed by atoms with E-state index in [0.717, 1.165) is 0 Å². The zero-order valence-corrected chi connectivity index (χ0v) is 6.89. The van der Waals surface area contributed by atoms with Crippen LogP contribution in [0.1, 0.15) is 6.92 Å². The van der Waals surface area contributed by atoms with Crippen LogP contribution in [0.5, 0.6) is 0 Å². The molecule has 0 amide bonds. The van der Waals surface area contributed by atoms with Crippen LogP contribution in [0.2, 0.25) is 0 Å². The number of nitrogens with two attached hydrogens (primary N) is 1. The molecule has 0 aromatic carbocycles. The van der Waals surface area contributed by atoms with Crippen molar-refractivity contribution >= 4 is 0 Å². The minimum absolute atomic E-state index is 0. The van der Waals surface area contributed by atoms with Gasteiger partial charge in [-0.25, -0.2) is 0 Å². The molecule has 0 rings (SSSR count). The molecule has 0 aromatic heterocycles. The van der Waals surface area contributed by atoms with E-state index in [4.69, 9.17) is 10.2 Å². The molecule has 0 radical (unpaired) electrons. The normalized spacial score (nSPS) is 10.3. The second-order valence-corrected chi connectivity index (χ2v) is 1.61. The summed E-state index contributed by atoms with van der Waals surface area (Å²) in [5, 5.41) is 18.0. The number of hydrogen-bond donors (Lipinski definition) is 3. The van der Waals surface area contributed by atoms with Gasteiger partial charge in [-0.3, -0.25) is 0 Å². The lowest BCUT2D eigenvalue weighted by atomic mass is 10.5. The summed E-state index contributed by atoms with van der Waals surface area (Å²) in [4.78, 5) is 0. The van der Waals surface area contributed by atoms with E-state index >= 15 is 0 Å². The van der Waals surface area contributed by atoms with Gasteiger partial charge in [-0.2, -0.15) is 0 Å². The summed E-state index contributed by atoms with van der Waals surface area (Å²) in [7, 11) is 4.00. The van der Waals surface area contributed by atoms with E-state index in [1.54, 1.807) is 0 Å². The van der Waals surface area contributed by atoms with Crippen molar-refractivity contribution in [3.63, 3.8) is 0 Å². The van der Waals surface area contributed by atoms with E-state index in [0.29, 0.717) is 0 Å². The molecule has 4 N–H and O–H groups in total. The fourth-order valence-corrected chi connectivity index (χ4v) is 0. The van der Waals surface area contributed by atoms with Gasteiger partial charge in [0.15, 0.2) is 0 Å². The molecule has 0 aliphatic rings. The Morgan fingerprint density at radius 1 is 1.44 bits per heavy atom. The SMILES string of the molecule is CC(O)CO.C[NH2+]C.[Cl-]. The molecule has 0 aliphatic heterocycles. The lowest BCUT2D eigenvalue weighted by Gasteiger charge is -1.90. The first-order valence-electron chi connectivity index (χ1n) is 2.71.